The number of fused-ring (bicyclic) bond motifs is 4. The number of hydrogen-bond acceptors (Lipinski definition) is 4. The van der Waals surface area contributed by atoms with E-state index in [0.29, 0.717) is 5.02 Å². The van der Waals surface area contributed by atoms with Crippen LogP contribution in [0.2, 0.25) is 5.02 Å². The molecule has 5 aliphatic rings. The summed E-state index contributed by atoms with van der Waals surface area (Å²) in [6.07, 6.45) is 23.1. The molecule has 0 aliphatic carbocycles. The molecule has 0 amide bonds. The Balaban J connectivity index is 0.00000130. The summed E-state index contributed by atoms with van der Waals surface area (Å²) in [7, 11) is 0. The van der Waals surface area contributed by atoms with Crippen molar-refractivity contribution in [1.29, 1.82) is 0 Å². The average molecular weight is 510 g/mol. The van der Waals surface area contributed by atoms with Gasteiger partial charge in [-0.3, -0.25) is 4.99 Å². The number of nitrogens with zero attached hydrogens (tertiary/aromatic N) is 4. The fraction of sp³-hybridized carbons (Fsp3) is 0. The number of aliphatic imine (C=N–C) groups is 4. The van der Waals surface area contributed by atoms with Crippen LogP contribution in [-0.4, -0.2) is 22.8 Å². The first-order chi connectivity index (χ1) is 15.2. The molecule has 0 spiro atoms. The second-order valence-electron chi connectivity index (χ2n) is 7.35. The van der Waals surface area contributed by atoms with Crippen LogP contribution >= 0.6 is 24.0 Å². The first-order valence-electron chi connectivity index (χ1n) is 9.84. The fourth-order valence-electron chi connectivity index (χ4n) is 3.66. The van der Waals surface area contributed by atoms with Gasteiger partial charge >= 0.3 is 0 Å². The van der Waals surface area contributed by atoms with Gasteiger partial charge in [0.05, 0.1) is 28.5 Å². The van der Waals surface area contributed by atoms with Gasteiger partial charge in [0, 0.05) is 27.8 Å². The van der Waals surface area contributed by atoms with E-state index >= 15 is 0 Å². The molecule has 6 rings (SSSR count). The molecule has 5 heterocycles. The molecule has 1 aromatic rings. The van der Waals surface area contributed by atoms with Crippen LogP contribution in [0.25, 0.3) is 5.57 Å². The van der Waals surface area contributed by atoms with Gasteiger partial charge < -0.3 is 4.99 Å². The minimum atomic E-state index is 0. The summed E-state index contributed by atoms with van der Waals surface area (Å²) in [6, 6.07) is 7.69. The first-order valence-corrected chi connectivity index (χ1v) is 10.2. The zero-order chi connectivity index (χ0) is 20.8. The molecular formula is C26H15Cl2FeN4-. The van der Waals surface area contributed by atoms with Gasteiger partial charge in [0.1, 0.15) is 0 Å². The molecule has 0 N–H and O–H groups in total. The molecule has 0 atom stereocenters. The molecule has 0 unspecified atom stereocenters. The van der Waals surface area contributed by atoms with Gasteiger partial charge in [-0.15, -0.1) is 24.1 Å². The minimum absolute atomic E-state index is 0. The summed E-state index contributed by atoms with van der Waals surface area (Å²) in [5, 5.41) is 0.692. The van der Waals surface area contributed by atoms with Crippen LogP contribution < -0.4 is 0 Å². The average Bonchev–Trinajstić information content (AvgIpc) is 3.54. The van der Waals surface area contributed by atoms with Gasteiger partial charge in [0.25, 0.3) is 0 Å². The zero-order valence-electron chi connectivity index (χ0n) is 17.0. The molecule has 162 valence electrons. The van der Waals surface area contributed by atoms with E-state index in [1.54, 1.807) is 0 Å². The fourth-order valence-corrected chi connectivity index (χ4v) is 3.79. The van der Waals surface area contributed by atoms with Crippen molar-refractivity contribution in [3.63, 3.8) is 0 Å². The van der Waals surface area contributed by atoms with Gasteiger partial charge in [-0.25, -0.2) is 9.98 Å². The van der Waals surface area contributed by atoms with Crippen LogP contribution in [0.5, 0.6) is 0 Å². The van der Waals surface area contributed by atoms with E-state index < -0.39 is 0 Å². The predicted octanol–water partition coefficient (Wildman–Crippen LogP) is 5.98. The molecule has 8 bridgehead atoms. The molecule has 33 heavy (non-hydrogen) atoms. The monoisotopic (exact) mass is 509 g/mol. The Labute approximate surface area is 213 Å². The van der Waals surface area contributed by atoms with Crippen LogP contribution in [0, 0.1) is 6.08 Å². The SMILES string of the molecule is Cl.Clc1ccc(C2=[C-]C3=NC2=CC2=NC(=CC4=NC(=CC5=NC(=C3)C=C5)C=C4)C=C2)cc1.[Fe]. The number of halogens is 2. The van der Waals surface area contributed by atoms with Gasteiger partial charge in [0.15, 0.2) is 0 Å². The molecule has 0 saturated carbocycles. The smallest absolute Gasteiger partial charge is 0.0659 e. The van der Waals surface area contributed by atoms with Crippen LogP contribution in [0.1, 0.15) is 5.56 Å². The van der Waals surface area contributed by atoms with E-state index in [9.17, 15) is 0 Å². The zero-order valence-corrected chi connectivity index (χ0v) is 19.7. The van der Waals surface area contributed by atoms with Crippen molar-refractivity contribution < 1.29 is 17.1 Å². The van der Waals surface area contributed by atoms with Crippen molar-refractivity contribution in [3.8, 4) is 0 Å². The van der Waals surface area contributed by atoms with Crippen molar-refractivity contribution in [1.82, 2.24) is 0 Å². The molecular weight excluding hydrogens is 495 g/mol. The standard InChI is InChI=1S/C26H14ClN4.ClH.Fe/c27-17-3-1-16(2-4-17)25-14-24-13-22-8-7-20(29-22)11-18-5-6-19(28-18)12-21-9-10-23(30-21)15-26(25)31-24;;/h1-13,15H;1H;/q-1;;. The van der Waals surface area contributed by atoms with Crippen LogP contribution in [0.3, 0.4) is 0 Å². The molecule has 0 aromatic heterocycles. The number of hydrogen-bond donors (Lipinski definition) is 0. The summed E-state index contributed by atoms with van der Waals surface area (Å²) in [5.74, 6) is 0. The first kappa shape index (κ1) is 23.1. The molecule has 7 heteroatoms. The van der Waals surface area contributed by atoms with Crippen molar-refractivity contribution in [3.05, 3.63) is 124 Å². The molecule has 1 aromatic carbocycles. The Morgan fingerprint density at radius 2 is 1.12 bits per heavy atom. The maximum absolute atomic E-state index is 6.08. The van der Waals surface area contributed by atoms with Crippen molar-refractivity contribution in [2.45, 2.75) is 0 Å². The van der Waals surface area contributed by atoms with Crippen molar-refractivity contribution in [2.24, 2.45) is 20.0 Å². The molecule has 0 fully saturated rings. The van der Waals surface area contributed by atoms with E-state index in [4.69, 9.17) is 21.6 Å². The number of benzene rings is 1. The quantitative estimate of drug-likeness (QED) is 0.330. The van der Waals surface area contributed by atoms with Crippen LogP contribution in [0.4, 0.5) is 0 Å². The van der Waals surface area contributed by atoms with E-state index in [2.05, 4.69) is 16.1 Å². The second kappa shape index (κ2) is 9.42. The Bertz CT molecular complexity index is 1410. The summed E-state index contributed by atoms with van der Waals surface area (Å²) in [5.41, 5.74) is 8.53. The van der Waals surface area contributed by atoms with E-state index in [1.807, 2.05) is 85.0 Å². The topological polar surface area (TPSA) is 49.4 Å². The van der Waals surface area contributed by atoms with E-state index in [-0.39, 0.29) is 29.5 Å². The number of allylic oxidation sites excluding steroid dienone is 12. The van der Waals surface area contributed by atoms with Gasteiger partial charge in [-0.1, -0.05) is 53.6 Å². The van der Waals surface area contributed by atoms with Gasteiger partial charge in [0.2, 0.25) is 0 Å². The Hall–Kier alpha value is -3.08. The third-order valence-electron chi connectivity index (χ3n) is 5.09. The third kappa shape index (κ3) is 4.82. The second-order valence-corrected chi connectivity index (χ2v) is 7.79. The number of rotatable bonds is 1. The normalized spacial score (nSPS) is 19.2. The van der Waals surface area contributed by atoms with Crippen LogP contribution in [0.15, 0.2) is 128 Å². The largest absolute Gasteiger partial charge is 0.317 e. The van der Waals surface area contributed by atoms with Gasteiger partial charge in [-0.2, -0.15) is 0 Å². The molecule has 0 saturated heterocycles. The molecule has 0 radical (unpaired) electrons. The summed E-state index contributed by atoms with van der Waals surface area (Å²) in [4.78, 5) is 18.8. The van der Waals surface area contributed by atoms with Gasteiger partial charge in [-0.05, 0) is 60.0 Å². The predicted molar refractivity (Wildman–Crippen MR) is 135 cm³/mol. The maximum Gasteiger partial charge on any atom is 0.0659 e. The third-order valence-corrected chi connectivity index (χ3v) is 5.34. The summed E-state index contributed by atoms with van der Waals surface area (Å²) in [6.45, 7) is 0. The van der Waals surface area contributed by atoms with Crippen molar-refractivity contribution in [2.75, 3.05) is 0 Å². The summed E-state index contributed by atoms with van der Waals surface area (Å²) >= 11 is 6.08. The molecule has 5 aliphatic heterocycles. The van der Waals surface area contributed by atoms with E-state index in [1.165, 1.54) is 0 Å². The van der Waals surface area contributed by atoms with Crippen LogP contribution in [-0.2, 0) is 17.1 Å². The van der Waals surface area contributed by atoms with Crippen molar-refractivity contribution >= 4 is 52.4 Å². The minimum Gasteiger partial charge on any atom is -0.317 e. The Morgan fingerprint density at radius 3 is 1.70 bits per heavy atom. The van der Waals surface area contributed by atoms with E-state index in [0.717, 1.165) is 56.8 Å². The summed E-state index contributed by atoms with van der Waals surface area (Å²) < 4.78 is 0. The molecule has 4 nitrogen and oxygen atoms in total. The maximum atomic E-state index is 6.08. The Morgan fingerprint density at radius 1 is 0.606 bits per heavy atom. The Kier molecular flexibility index (Phi) is 6.59.